The van der Waals surface area contributed by atoms with Crippen molar-refractivity contribution in [2.75, 3.05) is 19.0 Å². The number of ether oxygens (including phenoxy) is 1. The van der Waals surface area contributed by atoms with Crippen LogP contribution < -0.4 is 10.6 Å². The molecule has 0 amide bonds. The molecule has 9 heteroatoms. The SMILES string of the molecule is CCc1cc(C(=O)OC)c(NC(=S)NCCCn2nc(C)c(Cl)c2C)s1. The predicted molar refractivity (Wildman–Crippen MR) is 111 cm³/mol. The van der Waals surface area contributed by atoms with Gasteiger partial charge in [0.1, 0.15) is 5.00 Å². The molecule has 2 rings (SSSR count). The number of carbonyl (C=O) groups excluding carboxylic acids is 1. The summed E-state index contributed by atoms with van der Waals surface area (Å²) in [6.45, 7) is 7.33. The van der Waals surface area contributed by atoms with Gasteiger partial charge in [-0.1, -0.05) is 18.5 Å². The highest BCUT2D eigenvalue weighted by Crippen LogP contribution is 2.29. The fourth-order valence-corrected chi connectivity index (χ4v) is 3.83. The number of carbonyl (C=O) groups is 1. The number of nitrogens with one attached hydrogen (secondary N) is 2. The Morgan fingerprint density at radius 2 is 2.19 bits per heavy atom. The first-order valence-corrected chi connectivity index (χ1v) is 9.93. The third-order valence-corrected chi connectivity index (χ3v) is 5.88. The summed E-state index contributed by atoms with van der Waals surface area (Å²) in [6, 6.07) is 1.84. The third kappa shape index (κ3) is 4.96. The molecule has 0 radical (unpaired) electrons. The number of hydrogen-bond acceptors (Lipinski definition) is 5. The average Bonchev–Trinajstić information content (AvgIpc) is 3.14. The average molecular weight is 415 g/mol. The van der Waals surface area contributed by atoms with E-state index in [4.69, 9.17) is 28.6 Å². The topological polar surface area (TPSA) is 68.2 Å². The number of aromatic nitrogens is 2. The maximum Gasteiger partial charge on any atom is 0.340 e. The lowest BCUT2D eigenvalue weighted by atomic mass is 10.2. The van der Waals surface area contributed by atoms with E-state index in [0.717, 1.165) is 40.7 Å². The van der Waals surface area contributed by atoms with Crippen LogP contribution in [0.1, 0.15) is 40.0 Å². The third-order valence-electron chi connectivity index (χ3n) is 3.89. The highest BCUT2D eigenvalue weighted by molar-refractivity contribution is 7.80. The molecule has 0 spiro atoms. The summed E-state index contributed by atoms with van der Waals surface area (Å²) in [5, 5.41) is 12.6. The molecule has 2 N–H and O–H groups in total. The normalized spacial score (nSPS) is 10.7. The van der Waals surface area contributed by atoms with Crippen LogP contribution in [0.3, 0.4) is 0 Å². The Balaban J connectivity index is 1.86. The van der Waals surface area contributed by atoms with Crippen molar-refractivity contribution >= 4 is 51.2 Å². The molecule has 0 saturated carbocycles. The van der Waals surface area contributed by atoms with Crippen LogP contribution in [0.15, 0.2) is 6.07 Å². The van der Waals surface area contributed by atoms with Crippen LogP contribution in [-0.2, 0) is 17.7 Å². The summed E-state index contributed by atoms with van der Waals surface area (Å²) in [7, 11) is 1.37. The molecule has 2 aromatic heterocycles. The second-order valence-electron chi connectivity index (χ2n) is 5.74. The molecular formula is C17H23ClN4O2S2. The summed E-state index contributed by atoms with van der Waals surface area (Å²) in [4.78, 5) is 13.0. The summed E-state index contributed by atoms with van der Waals surface area (Å²) in [5.41, 5.74) is 2.32. The van der Waals surface area contributed by atoms with Crippen molar-refractivity contribution in [3.05, 3.63) is 32.9 Å². The monoisotopic (exact) mass is 414 g/mol. The Hall–Kier alpha value is -1.64. The van der Waals surface area contributed by atoms with Gasteiger partial charge in [-0.15, -0.1) is 11.3 Å². The van der Waals surface area contributed by atoms with Gasteiger partial charge in [-0.2, -0.15) is 5.10 Å². The number of thiocarbonyl (C=S) groups is 1. The van der Waals surface area contributed by atoms with E-state index in [1.165, 1.54) is 18.4 Å². The van der Waals surface area contributed by atoms with Crippen molar-refractivity contribution in [1.82, 2.24) is 15.1 Å². The van der Waals surface area contributed by atoms with Gasteiger partial charge in [0.25, 0.3) is 0 Å². The summed E-state index contributed by atoms with van der Waals surface area (Å²) >= 11 is 13.0. The number of methoxy groups -OCH3 is 1. The van der Waals surface area contributed by atoms with E-state index in [9.17, 15) is 4.79 Å². The lowest BCUT2D eigenvalue weighted by Crippen LogP contribution is -2.30. The summed E-state index contributed by atoms with van der Waals surface area (Å²) in [6.07, 6.45) is 1.69. The Bertz CT molecular complexity index is 801. The zero-order valence-electron chi connectivity index (χ0n) is 15.3. The Kier molecular flexibility index (Phi) is 7.43. The fourth-order valence-electron chi connectivity index (χ4n) is 2.44. The largest absolute Gasteiger partial charge is 0.465 e. The predicted octanol–water partition coefficient (Wildman–Crippen LogP) is 3.94. The summed E-state index contributed by atoms with van der Waals surface area (Å²) in [5.74, 6) is -0.368. The molecule has 0 aliphatic heterocycles. The van der Waals surface area contributed by atoms with Crippen molar-refractivity contribution in [2.45, 2.75) is 40.2 Å². The van der Waals surface area contributed by atoms with Crippen LogP contribution in [0.5, 0.6) is 0 Å². The molecular weight excluding hydrogens is 392 g/mol. The van der Waals surface area contributed by atoms with E-state index in [-0.39, 0.29) is 5.97 Å². The van der Waals surface area contributed by atoms with Crippen molar-refractivity contribution < 1.29 is 9.53 Å². The number of rotatable bonds is 7. The van der Waals surface area contributed by atoms with Crippen molar-refractivity contribution in [2.24, 2.45) is 0 Å². The minimum Gasteiger partial charge on any atom is -0.465 e. The molecule has 0 unspecified atom stereocenters. The number of halogens is 1. The highest BCUT2D eigenvalue weighted by Gasteiger charge is 2.17. The Morgan fingerprint density at radius 1 is 1.46 bits per heavy atom. The molecule has 0 atom stereocenters. The van der Waals surface area contributed by atoms with E-state index in [2.05, 4.69) is 15.7 Å². The number of hydrogen-bond donors (Lipinski definition) is 2. The van der Waals surface area contributed by atoms with Crippen molar-refractivity contribution in [3.63, 3.8) is 0 Å². The van der Waals surface area contributed by atoms with Gasteiger partial charge in [0, 0.05) is 18.0 Å². The molecule has 2 heterocycles. The van der Waals surface area contributed by atoms with Gasteiger partial charge in [0.15, 0.2) is 5.11 Å². The zero-order valence-corrected chi connectivity index (χ0v) is 17.7. The molecule has 0 fully saturated rings. The maximum absolute atomic E-state index is 11.9. The molecule has 0 aromatic carbocycles. The molecule has 2 aromatic rings. The van der Waals surface area contributed by atoms with Crippen molar-refractivity contribution in [3.8, 4) is 0 Å². The van der Waals surface area contributed by atoms with Crippen LogP contribution in [0.4, 0.5) is 5.00 Å². The molecule has 0 aliphatic rings. The number of aryl methyl sites for hydroxylation is 3. The van der Waals surface area contributed by atoms with Crippen LogP contribution in [0.25, 0.3) is 0 Å². The zero-order chi connectivity index (χ0) is 19.3. The molecule has 6 nitrogen and oxygen atoms in total. The summed E-state index contributed by atoms with van der Waals surface area (Å²) < 4.78 is 6.73. The van der Waals surface area contributed by atoms with Crippen LogP contribution in [0.2, 0.25) is 5.02 Å². The van der Waals surface area contributed by atoms with Gasteiger partial charge in [-0.3, -0.25) is 4.68 Å². The van der Waals surface area contributed by atoms with Gasteiger partial charge < -0.3 is 15.4 Å². The second-order valence-corrected chi connectivity index (χ2v) is 7.67. The molecule has 0 aliphatic carbocycles. The van der Waals surface area contributed by atoms with E-state index in [0.29, 0.717) is 22.2 Å². The maximum atomic E-state index is 11.9. The second kappa shape index (κ2) is 9.34. The van der Waals surface area contributed by atoms with Gasteiger partial charge in [0.05, 0.1) is 29.1 Å². The molecule has 0 bridgehead atoms. The lowest BCUT2D eigenvalue weighted by molar-refractivity contribution is 0.0602. The number of thiophene rings is 1. The minimum atomic E-state index is -0.368. The Labute approximate surface area is 167 Å². The van der Waals surface area contributed by atoms with Crippen LogP contribution >= 0.6 is 35.2 Å². The van der Waals surface area contributed by atoms with E-state index in [1.807, 2.05) is 31.5 Å². The lowest BCUT2D eigenvalue weighted by Gasteiger charge is -2.11. The van der Waals surface area contributed by atoms with Gasteiger partial charge in [-0.25, -0.2) is 4.79 Å². The smallest absolute Gasteiger partial charge is 0.340 e. The number of anilines is 1. The quantitative estimate of drug-likeness (QED) is 0.406. The van der Waals surface area contributed by atoms with Crippen molar-refractivity contribution in [1.29, 1.82) is 0 Å². The van der Waals surface area contributed by atoms with Crippen LogP contribution in [-0.4, -0.2) is 34.5 Å². The minimum absolute atomic E-state index is 0.368. The number of nitrogens with zero attached hydrogens (tertiary/aromatic N) is 2. The van der Waals surface area contributed by atoms with E-state index in [1.54, 1.807) is 0 Å². The first-order valence-electron chi connectivity index (χ1n) is 8.32. The van der Waals surface area contributed by atoms with E-state index >= 15 is 0 Å². The first-order chi connectivity index (χ1) is 12.4. The number of esters is 1. The molecule has 26 heavy (non-hydrogen) atoms. The van der Waals surface area contributed by atoms with Gasteiger partial charge in [-0.05, 0) is 45.0 Å². The van der Waals surface area contributed by atoms with E-state index < -0.39 is 0 Å². The van der Waals surface area contributed by atoms with Gasteiger partial charge >= 0.3 is 5.97 Å². The van der Waals surface area contributed by atoms with Gasteiger partial charge in [0.2, 0.25) is 0 Å². The molecule has 0 saturated heterocycles. The van der Waals surface area contributed by atoms with Crippen LogP contribution in [0, 0.1) is 13.8 Å². The standard InChI is InChI=1S/C17H23ClN4O2S2/c1-5-12-9-13(16(23)24-4)15(26-12)20-17(25)19-7-6-8-22-11(3)14(18)10(2)21-22/h9H,5-8H2,1-4H3,(H2,19,20,25). The fraction of sp³-hybridized carbons (Fsp3) is 0.471. The Morgan fingerprint density at radius 3 is 2.77 bits per heavy atom. The molecule has 142 valence electrons. The first kappa shape index (κ1) is 20.7. The highest BCUT2D eigenvalue weighted by atomic mass is 35.5.